The third kappa shape index (κ3) is 6.76. The quantitative estimate of drug-likeness (QED) is 0.690. The van der Waals surface area contributed by atoms with Gasteiger partial charge in [-0.25, -0.2) is 4.79 Å². The first-order valence-corrected chi connectivity index (χ1v) is 11.2. The molecule has 0 spiro atoms. The summed E-state index contributed by atoms with van der Waals surface area (Å²) in [4.78, 5) is 28.4. The van der Waals surface area contributed by atoms with Crippen LogP contribution in [0.3, 0.4) is 0 Å². The lowest BCUT2D eigenvalue weighted by atomic mass is 9.96. The van der Waals surface area contributed by atoms with Crippen molar-refractivity contribution in [2.45, 2.75) is 39.4 Å². The number of thioether (sulfide) groups is 1. The van der Waals surface area contributed by atoms with E-state index in [1.165, 1.54) is 11.1 Å². The largest absolute Gasteiger partial charge is 0.355 e. The minimum atomic E-state index is 0.0350. The van der Waals surface area contributed by atoms with Gasteiger partial charge < -0.3 is 15.1 Å². The second kappa shape index (κ2) is 11.2. The van der Waals surface area contributed by atoms with Crippen LogP contribution in [0, 0.1) is 12.8 Å². The molecule has 0 aromatic heterocycles. The molecule has 0 radical (unpaired) electrons. The maximum atomic E-state index is 12.4. The van der Waals surface area contributed by atoms with E-state index in [0.717, 1.165) is 37.4 Å². The lowest BCUT2D eigenvalue weighted by molar-refractivity contribution is -0.126. The van der Waals surface area contributed by atoms with Crippen LogP contribution >= 0.6 is 11.8 Å². The van der Waals surface area contributed by atoms with Crippen molar-refractivity contribution in [2.75, 3.05) is 38.5 Å². The number of hydrogen-bond acceptors (Lipinski definition) is 3. The molecule has 1 aromatic rings. The van der Waals surface area contributed by atoms with Crippen LogP contribution in [0.1, 0.15) is 37.8 Å². The number of piperidine rings is 1. The molecule has 3 amide bonds. The summed E-state index contributed by atoms with van der Waals surface area (Å²) in [6.07, 6.45) is 1.52. The Balaban J connectivity index is 1.61. The van der Waals surface area contributed by atoms with Gasteiger partial charge in [-0.1, -0.05) is 29.8 Å². The van der Waals surface area contributed by atoms with Crippen LogP contribution in [-0.4, -0.2) is 60.2 Å². The summed E-state index contributed by atoms with van der Waals surface area (Å²) < 4.78 is 0. The number of nitrogens with zero attached hydrogens (tertiary/aromatic N) is 2. The number of carbonyl (C=O) groups is 2. The monoisotopic (exact) mass is 391 g/mol. The van der Waals surface area contributed by atoms with Gasteiger partial charge in [0.25, 0.3) is 0 Å². The van der Waals surface area contributed by atoms with Crippen molar-refractivity contribution < 1.29 is 9.59 Å². The fourth-order valence-electron chi connectivity index (χ4n) is 3.29. The van der Waals surface area contributed by atoms with E-state index in [1.54, 1.807) is 0 Å². The van der Waals surface area contributed by atoms with Gasteiger partial charge in [-0.05, 0) is 39.2 Å². The molecule has 1 saturated heterocycles. The molecule has 0 saturated carbocycles. The molecule has 5 nitrogen and oxygen atoms in total. The summed E-state index contributed by atoms with van der Waals surface area (Å²) in [7, 11) is 0. The third-order valence-corrected chi connectivity index (χ3v) is 6.14. The molecule has 0 aliphatic carbocycles. The van der Waals surface area contributed by atoms with Crippen LogP contribution in [0.5, 0.6) is 0 Å². The zero-order valence-electron chi connectivity index (χ0n) is 16.9. The van der Waals surface area contributed by atoms with Gasteiger partial charge in [-0.3, -0.25) is 4.79 Å². The highest BCUT2D eigenvalue weighted by Crippen LogP contribution is 2.19. The SMILES string of the molecule is CCN(CC)C(=O)N1CCC(C(=O)NCCSCc2ccc(C)cc2)CC1. The third-order valence-electron chi connectivity index (χ3n) is 5.11. The van der Waals surface area contributed by atoms with Crippen LogP contribution in [0.2, 0.25) is 0 Å². The number of rotatable bonds is 8. The fourth-order valence-corrected chi connectivity index (χ4v) is 4.11. The summed E-state index contributed by atoms with van der Waals surface area (Å²) in [6.45, 7) is 9.61. The molecule has 0 bridgehead atoms. The Kier molecular flexibility index (Phi) is 8.98. The lowest BCUT2D eigenvalue weighted by Crippen LogP contribution is -2.48. The van der Waals surface area contributed by atoms with Crippen molar-refractivity contribution in [3.63, 3.8) is 0 Å². The normalized spacial score (nSPS) is 14.9. The highest BCUT2D eigenvalue weighted by atomic mass is 32.2. The van der Waals surface area contributed by atoms with Crippen molar-refractivity contribution in [3.05, 3.63) is 35.4 Å². The first-order valence-electron chi connectivity index (χ1n) is 10.00. The predicted molar refractivity (Wildman–Crippen MR) is 113 cm³/mol. The Morgan fingerprint density at radius 2 is 1.78 bits per heavy atom. The first-order chi connectivity index (χ1) is 13.0. The fraction of sp³-hybridized carbons (Fsp3) is 0.619. The second-order valence-corrected chi connectivity index (χ2v) is 8.15. The zero-order valence-corrected chi connectivity index (χ0v) is 17.7. The molecule has 1 aromatic carbocycles. The van der Waals surface area contributed by atoms with E-state index in [2.05, 4.69) is 36.5 Å². The molecule has 0 unspecified atom stereocenters. The zero-order chi connectivity index (χ0) is 19.6. The molecule has 1 aliphatic rings. The molecular formula is C21H33N3O2S. The number of carbonyl (C=O) groups excluding carboxylic acids is 2. The lowest BCUT2D eigenvalue weighted by Gasteiger charge is -2.34. The summed E-state index contributed by atoms with van der Waals surface area (Å²) >= 11 is 1.84. The van der Waals surface area contributed by atoms with E-state index < -0.39 is 0 Å². The van der Waals surface area contributed by atoms with Gasteiger partial charge in [0.1, 0.15) is 0 Å². The van der Waals surface area contributed by atoms with Crippen molar-refractivity contribution in [2.24, 2.45) is 5.92 Å². The van der Waals surface area contributed by atoms with Crippen LogP contribution in [0.15, 0.2) is 24.3 Å². The van der Waals surface area contributed by atoms with Crippen LogP contribution in [-0.2, 0) is 10.5 Å². The minimum absolute atomic E-state index is 0.0350. The summed E-state index contributed by atoms with van der Waals surface area (Å²) in [5, 5.41) is 3.06. The Labute approximate surface area is 167 Å². The number of likely N-dealkylation sites (tertiary alicyclic amines) is 1. The number of aryl methyl sites for hydroxylation is 1. The molecular weight excluding hydrogens is 358 g/mol. The molecule has 27 heavy (non-hydrogen) atoms. The van der Waals surface area contributed by atoms with Crippen molar-refractivity contribution in [1.82, 2.24) is 15.1 Å². The molecule has 150 valence electrons. The van der Waals surface area contributed by atoms with Gasteiger partial charge in [-0.15, -0.1) is 0 Å². The van der Waals surface area contributed by atoms with E-state index in [9.17, 15) is 9.59 Å². The minimum Gasteiger partial charge on any atom is -0.355 e. The van der Waals surface area contributed by atoms with Gasteiger partial charge in [-0.2, -0.15) is 11.8 Å². The molecule has 1 aliphatic heterocycles. The Morgan fingerprint density at radius 1 is 1.15 bits per heavy atom. The topological polar surface area (TPSA) is 52.7 Å². The number of benzene rings is 1. The standard InChI is InChI=1S/C21H33N3O2S/c1-4-23(5-2)21(26)24-13-10-19(11-14-24)20(25)22-12-15-27-16-18-8-6-17(3)7-9-18/h6-9,19H,4-5,10-16H2,1-3H3,(H,22,25). The van der Waals surface area contributed by atoms with E-state index in [4.69, 9.17) is 0 Å². The maximum Gasteiger partial charge on any atom is 0.319 e. The summed E-state index contributed by atoms with van der Waals surface area (Å²) in [5.74, 6) is 2.06. The summed E-state index contributed by atoms with van der Waals surface area (Å²) in [5.41, 5.74) is 2.60. The highest BCUT2D eigenvalue weighted by Gasteiger charge is 2.28. The Bertz CT molecular complexity index is 594. The van der Waals surface area contributed by atoms with Crippen molar-refractivity contribution >= 4 is 23.7 Å². The smallest absolute Gasteiger partial charge is 0.319 e. The second-order valence-electron chi connectivity index (χ2n) is 7.05. The first kappa shape index (κ1) is 21.6. The van der Waals surface area contributed by atoms with Gasteiger partial charge >= 0.3 is 6.03 Å². The van der Waals surface area contributed by atoms with Gasteiger partial charge in [0, 0.05) is 50.1 Å². The van der Waals surface area contributed by atoms with E-state index >= 15 is 0 Å². The van der Waals surface area contributed by atoms with Gasteiger partial charge in [0.2, 0.25) is 5.91 Å². The number of nitrogens with one attached hydrogen (secondary N) is 1. The summed E-state index contributed by atoms with van der Waals surface area (Å²) in [6, 6.07) is 8.69. The number of urea groups is 1. The van der Waals surface area contributed by atoms with E-state index in [0.29, 0.717) is 19.6 Å². The highest BCUT2D eigenvalue weighted by molar-refractivity contribution is 7.98. The molecule has 0 atom stereocenters. The average Bonchev–Trinajstić information content (AvgIpc) is 2.70. The van der Waals surface area contributed by atoms with Crippen LogP contribution in [0.4, 0.5) is 4.79 Å². The van der Waals surface area contributed by atoms with E-state index in [1.807, 2.05) is 35.4 Å². The van der Waals surface area contributed by atoms with Crippen LogP contribution < -0.4 is 5.32 Å². The van der Waals surface area contributed by atoms with Crippen molar-refractivity contribution in [3.8, 4) is 0 Å². The Morgan fingerprint density at radius 3 is 2.37 bits per heavy atom. The maximum absolute atomic E-state index is 12.4. The van der Waals surface area contributed by atoms with E-state index in [-0.39, 0.29) is 17.9 Å². The van der Waals surface area contributed by atoms with Gasteiger partial charge in [0.15, 0.2) is 0 Å². The van der Waals surface area contributed by atoms with Crippen LogP contribution in [0.25, 0.3) is 0 Å². The number of hydrogen-bond donors (Lipinski definition) is 1. The molecule has 1 fully saturated rings. The molecule has 2 rings (SSSR count). The molecule has 6 heteroatoms. The Hall–Kier alpha value is -1.69. The van der Waals surface area contributed by atoms with Gasteiger partial charge in [0.05, 0.1) is 0 Å². The van der Waals surface area contributed by atoms with Crippen molar-refractivity contribution in [1.29, 1.82) is 0 Å². The number of amides is 3. The molecule has 1 N–H and O–H groups in total. The average molecular weight is 392 g/mol. The molecule has 1 heterocycles. The predicted octanol–water partition coefficient (Wildman–Crippen LogP) is 3.52.